The van der Waals surface area contributed by atoms with E-state index in [1.807, 2.05) is 36.4 Å². The molecule has 0 aliphatic rings. The van der Waals surface area contributed by atoms with Crippen molar-refractivity contribution >= 4 is 0 Å². The van der Waals surface area contributed by atoms with Gasteiger partial charge in [-0.25, -0.2) is 4.98 Å². The molecule has 3 nitrogen and oxygen atoms in total. The van der Waals surface area contributed by atoms with Crippen LogP contribution in [-0.4, -0.2) is 4.98 Å². The first kappa shape index (κ1) is 7.56. The Kier molecular flexibility index (Phi) is 1.81. The third-order valence-corrected chi connectivity index (χ3v) is 1.64. The van der Waals surface area contributed by atoms with Gasteiger partial charge in [-0.2, -0.15) is 5.26 Å². The first-order valence-corrected chi connectivity index (χ1v) is 3.81. The van der Waals surface area contributed by atoms with Crippen molar-refractivity contribution in [2.24, 2.45) is 0 Å². The quantitative estimate of drug-likeness (QED) is 0.659. The molecule has 3 heteroatoms. The molecular weight excluding hydrogens is 164 g/mol. The number of aromatic nitrogens is 1. The van der Waals surface area contributed by atoms with Crippen LogP contribution in [0.2, 0.25) is 0 Å². The molecule has 62 valence electrons. The van der Waals surface area contributed by atoms with Crippen LogP contribution in [0.1, 0.15) is 5.76 Å². The minimum Gasteiger partial charge on any atom is -0.426 e. The maximum atomic E-state index is 8.51. The zero-order valence-electron chi connectivity index (χ0n) is 6.77. The lowest BCUT2D eigenvalue weighted by molar-refractivity contribution is 0.560. The molecule has 1 aromatic carbocycles. The predicted molar refractivity (Wildman–Crippen MR) is 46.7 cm³/mol. The Morgan fingerprint density at radius 3 is 2.62 bits per heavy atom. The molecule has 2 rings (SSSR count). The second-order valence-corrected chi connectivity index (χ2v) is 2.51. The molecular formula is C10H6N2O. The third-order valence-electron chi connectivity index (χ3n) is 1.64. The molecule has 0 radical (unpaired) electrons. The van der Waals surface area contributed by atoms with Gasteiger partial charge in [0.25, 0.3) is 0 Å². The lowest BCUT2D eigenvalue weighted by Crippen LogP contribution is -1.73. The summed E-state index contributed by atoms with van der Waals surface area (Å²) in [7, 11) is 0. The topological polar surface area (TPSA) is 49.8 Å². The number of nitriles is 1. The molecule has 0 bridgehead atoms. The maximum absolute atomic E-state index is 8.51. The summed E-state index contributed by atoms with van der Waals surface area (Å²) in [4.78, 5) is 3.97. The highest BCUT2D eigenvalue weighted by Crippen LogP contribution is 2.17. The largest absolute Gasteiger partial charge is 0.426 e. The molecule has 0 aliphatic heterocycles. The number of hydrogen-bond donors (Lipinski definition) is 0. The fraction of sp³-hybridized carbons (Fsp3) is 0. The fourth-order valence-electron chi connectivity index (χ4n) is 1.04. The van der Waals surface area contributed by atoms with Crippen LogP contribution in [0.3, 0.4) is 0 Å². The van der Waals surface area contributed by atoms with Crippen molar-refractivity contribution in [1.82, 2.24) is 4.98 Å². The van der Waals surface area contributed by atoms with E-state index in [0.717, 1.165) is 5.56 Å². The van der Waals surface area contributed by atoms with Crippen LogP contribution in [0.15, 0.2) is 40.9 Å². The van der Waals surface area contributed by atoms with E-state index in [1.54, 1.807) is 0 Å². The fourth-order valence-corrected chi connectivity index (χ4v) is 1.04. The number of rotatable bonds is 1. The van der Waals surface area contributed by atoms with Crippen LogP contribution in [-0.2, 0) is 0 Å². The summed E-state index contributed by atoms with van der Waals surface area (Å²) in [6.07, 6.45) is 1.42. The van der Waals surface area contributed by atoms with E-state index in [2.05, 4.69) is 4.98 Å². The molecule has 1 heterocycles. The van der Waals surface area contributed by atoms with Crippen LogP contribution >= 0.6 is 0 Å². The SMILES string of the molecule is N#Cc1cnc(-c2ccccc2)o1. The van der Waals surface area contributed by atoms with Crippen LogP contribution < -0.4 is 0 Å². The molecule has 0 fully saturated rings. The lowest BCUT2D eigenvalue weighted by atomic mass is 10.2. The number of nitrogens with zero attached hydrogens (tertiary/aromatic N) is 2. The molecule has 13 heavy (non-hydrogen) atoms. The van der Waals surface area contributed by atoms with Gasteiger partial charge in [0.2, 0.25) is 11.7 Å². The van der Waals surface area contributed by atoms with Crippen LogP contribution in [0.5, 0.6) is 0 Å². The summed E-state index contributed by atoms with van der Waals surface area (Å²) in [5.74, 6) is 0.719. The predicted octanol–water partition coefficient (Wildman–Crippen LogP) is 2.21. The molecule has 0 saturated carbocycles. The van der Waals surface area contributed by atoms with E-state index in [-0.39, 0.29) is 5.76 Å². The van der Waals surface area contributed by atoms with E-state index in [4.69, 9.17) is 9.68 Å². The molecule has 0 saturated heterocycles. The van der Waals surface area contributed by atoms with Crippen LogP contribution in [0.4, 0.5) is 0 Å². The Morgan fingerprint density at radius 2 is 2.00 bits per heavy atom. The summed E-state index contributed by atoms with van der Waals surface area (Å²) in [6, 6.07) is 11.4. The molecule has 0 spiro atoms. The Hall–Kier alpha value is -2.08. The standard InChI is InChI=1S/C10H6N2O/c11-6-9-7-12-10(13-9)8-4-2-1-3-5-8/h1-5,7H. The summed E-state index contributed by atoms with van der Waals surface area (Å²) in [5, 5.41) is 8.51. The van der Waals surface area contributed by atoms with Crippen molar-refractivity contribution < 1.29 is 4.42 Å². The van der Waals surface area contributed by atoms with E-state index >= 15 is 0 Å². The second kappa shape index (κ2) is 3.11. The van der Waals surface area contributed by atoms with Crippen molar-refractivity contribution in [3.8, 4) is 17.5 Å². The number of hydrogen-bond acceptors (Lipinski definition) is 3. The van der Waals surface area contributed by atoms with Crippen LogP contribution in [0, 0.1) is 11.3 Å². The van der Waals surface area contributed by atoms with Gasteiger partial charge in [0.1, 0.15) is 6.07 Å². The molecule has 0 atom stereocenters. The lowest BCUT2D eigenvalue weighted by Gasteiger charge is -1.91. The monoisotopic (exact) mass is 170 g/mol. The minimum atomic E-state index is 0.235. The van der Waals surface area contributed by atoms with E-state index in [0.29, 0.717) is 5.89 Å². The van der Waals surface area contributed by atoms with E-state index in [9.17, 15) is 0 Å². The summed E-state index contributed by atoms with van der Waals surface area (Å²) in [5.41, 5.74) is 0.879. The van der Waals surface area contributed by atoms with Gasteiger partial charge in [-0.15, -0.1) is 0 Å². The highest BCUT2D eigenvalue weighted by atomic mass is 16.4. The summed E-state index contributed by atoms with van der Waals surface area (Å²) in [6.45, 7) is 0. The molecule has 0 N–H and O–H groups in total. The molecule has 0 unspecified atom stereocenters. The maximum Gasteiger partial charge on any atom is 0.227 e. The van der Waals surface area contributed by atoms with Crippen molar-refractivity contribution in [2.75, 3.05) is 0 Å². The average molecular weight is 170 g/mol. The van der Waals surface area contributed by atoms with Crippen molar-refractivity contribution in [2.45, 2.75) is 0 Å². The first-order valence-electron chi connectivity index (χ1n) is 3.81. The first-order chi connectivity index (χ1) is 6.40. The van der Waals surface area contributed by atoms with Gasteiger partial charge < -0.3 is 4.42 Å². The minimum absolute atomic E-state index is 0.235. The summed E-state index contributed by atoms with van der Waals surface area (Å²) >= 11 is 0. The van der Waals surface area contributed by atoms with Crippen LogP contribution in [0.25, 0.3) is 11.5 Å². The van der Waals surface area contributed by atoms with Gasteiger partial charge in [-0.05, 0) is 12.1 Å². The van der Waals surface area contributed by atoms with Gasteiger partial charge in [-0.1, -0.05) is 18.2 Å². The number of benzene rings is 1. The van der Waals surface area contributed by atoms with E-state index in [1.165, 1.54) is 6.20 Å². The zero-order valence-corrected chi connectivity index (χ0v) is 6.77. The smallest absolute Gasteiger partial charge is 0.227 e. The summed E-state index contributed by atoms with van der Waals surface area (Å²) < 4.78 is 5.15. The Bertz CT molecular complexity index is 439. The third kappa shape index (κ3) is 1.42. The molecule has 0 amide bonds. The highest BCUT2D eigenvalue weighted by Gasteiger charge is 2.03. The zero-order chi connectivity index (χ0) is 9.10. The van der Waals surface area contributed by atoms with Gasteiger partial charge in [0.05, 0.1) is 6.20 Å². The van der Waals surface area contributed by atoms with Crippen molar-refractivity contribution in [3.05, 3.63) is 42.3 Å². The van der Waals surface area contributed by atoms with Gasteiger partial charge in [-0.3, -0.25) is 0 Å². The van der Waals surface area contributed by atoms with Crippen molar-refractivity contribution in [1.29, 1.82) is 5.26 Å². The number of oxazole rings is 1. The normalized spacial score (nSPS) is 9.46. The molecule has 2 aromatic rings. The Morgan fingerprint density at radius 1 is 1.23 bits per heavy atom. The van der Waals surface area contributed by atoms with Gasteiger partial charge >= 0.3 is 0 Å². The average Bonchev–Trinajstić information content (AvgIpc) is 2.67. The van der Waals surface area contributed by atoms with Gasteiger partial charge in [0, 0.05) is 5.56 Å². The second-order valence-electron chi connectivity index (χ2n) is 2.51. The van der Waals surface area contributed by atoms with E-state index < -0.39 is 0 Å². The Balaban J connectivity index is 2.43. The molecule has 0 aliphatic carbocycles. The highest BCUT2D eigenvalue weighted by molar-refractivity contribution is 5.52. The molecule has 1 aromatic heterocycles. The Labute approximate surface area is 75.3 Å². The van der Waals surface area contributed by atoms with Gasteiger partial charge in [0.15, 0.2) is 0 Å². The van der Waals surface area contributed by atoms with Crippen molar-refractivity contribution in [3.63, 3.8) is 0 Å².